The van der Waals surface area contributed by atoms with Crippen LogP contribution in [0.25, 0.3) is 0 Å². The zero-order chi connectivity index (χ0) is 18.1. The first kappa shape index (κ1) is 18.1. The van der Waals surface area contributed by atoms with Gasteiger partial charge in [-0.1, -0.05) is 0 Å². The number of ether oxygens (including phenoxy) is 2. The number of amides is 1. The van der Waals surface area contributed by atoms with Crippen molar-refractivity contribution in [1.82, 2.24) is 0 Å². The van der Waals surface area contributed by atoms with Crippen molar-refractivity contribution in [2.24, 2.45) is 0 Å². The van der Waals surface area contributed by atoms with Crippen molar-refractivity contribution in [3.63, 3.8) is 0 Å². The van der Waals surface area contributed by atoms with Gasteiger partial charge >= 0.3 is 12.1 Å². The molecule has 0 aliphatic carbocycles. The van der Waals surface area contributed by atoms with Crippen molar-refractivity contribution in [2.75, 3.05) is 24.9 Å². The van der Waals surface area contributed by atoms with Crippen molar-refractivity contribution in [3.05, 3.63) is 29.7 Å². The van der Waals surface area contributed by atoms with Crippen LogP contribution in [0.15, 0.2) is 29.7 Å². The van der Waals surface area contributed by atoms with E-state index < -0.39 is 33.7 Å². The lowest BCUT2D eigenvalue weighted by atomic mass is 10.2. The fourth-order valence-electron chi connectivity index (χ4n) is 2.28. The Kier molecular flexibility index (Phi) is 4.79. The minimum atomic E-state index is -5.19. The second-order valence-electron chi connectivity index (χ2n) is 4.94. The van der Waals surface area contributed by atoms with Crippen LogP contribution in [0, 0.1) is 0 Å². The minimum Gasteiger partial charge on any atom is -0.497 e. The highest BCUT2D eigenvalue weighted by molar-refractivity contribution is 7.94. The second kappa shape index (κ2) is 6.34. The van der Waals surface area contributed by atoms with Gasteiger partial charge in [0.05, 0.1) is 31.7 Å². The van der Waals surface area contributed by atoms with Crippen LogP contribution in [0.3, 0.4) is 0 Å². The molecule has 0 saturated carbocycles. The quantitative estimate of drug-likeness (QED) is 0.815. The van der Waals surface area contributed by atoms with Crippen LogP contribution in [0.5, 0.6) is 11.5 Å². The summed E-state index contributed by atoms with van der Waals surface area (Å²) in [6.07, 6.45) is -4.15. The monoisotopic (exact) mass is 365 g/mol. The normalized spacial score (nSPS) is 19.1. The predicted molar refractivity (Wildman–Crippen MR) is 79.8 cm³/mol. The van der Waals surface area contributed by atoms with Gasteiger partial charge in [-0.3, -0.25) is 9.69 Å². The lowest BCUT2D eigenvalue weighted by Gasteiger charge is -2.29. The molecule has 24 heavy (non-hydrogen) atoms. The zero-order valence-electron chi connectivity index (χ0n) is 12.7. The van der Waals surface area contributed by atoms with E-state index >= 15 is 0 Å². The van der Waals surface area contributed by atoms with Crippen molar-refractivity contribution in [1.29, 1.82) is 0 Å². The largest absolute Gasteiger partial charge is 0.497 e. The number of anilines is 1. The van der Waals surface area contributed by atoms with Crippen molar-refractivity contribution in [3.8, 4) is 11.5 Å². The van der Waals surface area contributed by atoms with E-state index in [1.54, 1.807) is 0 Å². The molecule has 6 nitrogen and oxygen atoms in total. The van der Waals surface area contributed by atoms with E-state index in [-0.39, 0.29) is 17.2 Å². The van der Waals surface area contributed by atoms with Crippen LogP contribution < -0.4 is 14.4 Å². The van der Waals surface area contributed by atoms with E-state index in [2.05, 4.69) is 0 Å². The number of sulfone groups is 1. The van der Waals surface area contributed by atoms with Crippen LogP contribution in [-0.4, -0.2) is 46.5 Å². The van der Waals surface area contributed by atoms with Gasteiger partial charge in [-0.25, -0.2) is 8.42 Å². The number of hydrogen-bond acceptors (Lipinski definition) is 5. The first-order chi connectivity index (χ1) is 11.1. The number of carbonyl (C=O) groups is 1. The maximum Gasteiger partial charge on any atom is 0.471 e. The van der Waals surface area contributed by atoms with Gasteiger partial charge in [0.1, 0.15) is 11.5 Å². The molecule has 10 heteroatoms. The third-order valence-electron chi connectivity index (χ3n) is 3.35. The van der Waals surface area contributed by atoms with Gasteiger partial charge in [0.15, 0.2) is 9.84 Å². The Bertz CT molecular complexity index is 773. The van der Waals surface area contributed by atoms with Gasteiger partial charge in [-0.05, 0) is 18.2 Å². The molecule has 132 valence electrons. The highest BCUT2D eigenvalue weighted by atomic mass is 32.2. The molecule has 0 N–H and O–H groups in total. The molecule has 0 aromatic heterocycles. The molecule has 1 atom stereocenters. The molecule has 1 amide bonds. The van der Waals surface area contributed by atoms with Crippen LogP contribution >= 0.6 is 0 Å². The Balaban J connectivity index is 2.59. The molecule has 2 rings (SSSR count). The van der Waals surface area contributed by atoms with Gasteiger partial charge in [0.2, 0.25) is 0 Å². The Morgan fingerprint density at radius 3 is 2.38 bits per heavy atom. The fraction of sp³-hybridized carbons (Fsp3) is 0.357. The minimum absolute atomic E-state index is 0.0221. The number of alkyl halides is 3. The van der Waals surface area contributed by atoms with Crippen LogP contribution in [0.2, 0.25) is 0 Å². The summed E-state index contributed by atoms with van der Waals surface area (Å²) >= 11 is 0. The van der Waals surface area contributed by atoms with Crippen molar-refractivity contribution < 1.29 is 35.9 Å². The first-order valence-corrected chi connectivity index (χ1v) is 8.34. The number of benzene rings is 1. The van der Waals surface area contributed by atoms with E-state index in [9.17, 15) is 26.4 Å². The van der Waals surface area contributed by atoms with Gasteiger partial charge < -0.3 is 9.47 Å². The molecular formula is C14H14F3NO5S. The molecule has 0 bridgehead atoms. The van der Waals surface area contributed by atoms with Crippen LogP contribution in [0.1, 0.15) is 0 Å². The van der Waals surface area contributed by atoms with E-state index in [0.29, 0.717) is 4.90 Å². The van der Waals surface area contributed by atoms with E-state index in [4.69, 9.17) is 9.47 Å². The van der Waals surface area contributed by atoms with Gasteiger partial charge in [-0.2, -0.15) is 13.2 Å². The number of carbonyl (C=O) groups excluding carboxylic acids is 1. The van der Waals surface area contributed by atoms with E-state index in [1.165, 1.54) is 32.4 Å². The van der Waals surface area contributed by atoms with Crippen LogP contribution in [0.4, 0.5) is 18.9 Å². The molecule has 0 fully saturated rings. The average Bonchev–Trinajstić information content (AvgIpc) is 2.86. The molecule has 1 aromatic rings. The lowest BCUT2D eigenvalue weighted by Crippen LogP contribution is -2.48. The summed E-state index contributed by atoms with van der Waals surface area (Å²) in [4.78, 5) is 12.3. The van der Waals surface area contributed by atoms with Gasteiger partial charge in [0, 0.05) is 11.5 Å². The molecule has 0 unspecified atom stereocenters. The molecule has 1 aromatic carbocycles. The molecule has 0 saturated heterocycles. The lowest BCUT2D eigenvalue weighted by molar-refractivity contribution is -0.170. The molecule has 1 aliphatic rings. The summed E-state index contributed by atoms with van der Waals surface area (Å²) in [6, 6.07) is 2.66. The Morgan fingerprint density at radius 2 is 1.92 bits per heavy atom. The SMILES string of the molecule is COc1ccc(OC)c(N(C(=O)C(F)(F)F)[C@H]2C=CS(=O)(=O)C2)c1. The second-order valence-corrected chi connectivity index (χ2v) is 6.87. The van der Waals surface area contributed by atoms with Crippen molar-refractivity contribution >= 4 is 21.4 Å². The Morgan fingerprint density at radius 1 is 1.25 bits per heavy atom. The molecule has 0 spiro atoms. The predicted octanol–water partition coefficient (Wildman–Crippen LogP) is 1.91. The smallest absolute Gasteiger partial charge is 0.471 e. The molecule has 1 aliphatic heterocycles. The van der Waals surface area contributed by atoms with Gasteiger partial charge in [0.25, 0.3) is 0 Å². The zero-order valence-corrected chi connectivity index (χ0v) is 13.5. The Labute approximate surface area is 136 Å². The third-order valence-corrected chi connectivity index (χ3v) is 4.73. The number of halogens is 3. The first-order valence-electron chi connectivity index (χ1n) is 6.62. The number of methoxy groups -OCH3 is 2. The maximum absolute atomic E-state index is 13.0. The Hall–Kier alpha value is -2.23. The third kappa shape index (κ3) is 3.64. The average molecular weight is 365 g/mol. The maximum atomic E-state index is 13.0. The summed E-state index contributed by atoms with van der Waals surface area (Å²) in [6.45, 7) is 0. The summed E-state index contributed by atoms with van der Waals surface area (Å²) < 4.78 is 72.1. The topological polar surface area (TPSA) is 72.9 Å². The highest BCUT2D eigenvalue weighted by Gasteiger charge is 2.47. The molecule has 0 radical (unpaired) electrons. The number of nitrogens with zero attached hydrogens (tertiary/aromatic N) is 1. The van der Waals surface area contributed by atoms with Gasteiger partial charge in [-0.15, -0.1) is 0 Å². The van der Waals surface area contributed by atoms with E-state index in [0.717, 1.165) is 11.5 Å². The molecule has 1 heterocycles. The van der Waals surface area contributed by atoms with Crippen LogP contribution in [-0.2, 0) is 14.6 Å². The fourth-order valence-corrected chi connectivity index (χ4v) is 3.55. The number of rotatable bonds is 4. The highest BCUT2D eigenvalue weighted by Crippen LogP contribution is 2.37. The summed E-state index contributed by atoms with van der Waals surface area (Å²) in [5.74, 6) is -2.67. The van der Waals surface area contributed by atoms with E-state index in [1.807, 2.05) is 0 Å². The summed E-state index contributed by atoms with van der Waals surface area (Å²) in [5.41, 5.74) is -0.231. The number of hydrogen-bond donors (Lipinski definition) is 0. The standard InChI is InChI=1S/C14H14F3NO5S/c1-22-10-3-4-12(23-2)11(7-10)18(13(19)14(15,16)17)9-5-6-24(20,21)8-9/h3-7,9H,8H2,1-2H3/t9-/m0/s1. The summed E-state index contributed by atoms with van der Waals surface area (Å²) in [7, 11) is -1.14. The molecular weight excluding hydrogens is 351 g/mol. The summed E-state index contributed by atoms with van der Waals surface area (Å²) in [5, 5.41) is 0.793. The van der Waals surface area contributed by atoms with Crippen molar-refractivity contribution in [2.45, 2.75) is 12.2 Å².